The number of carbonyl (C=O) groups is 1. The van der Waals surface area contributed by atoms with Gasteiger partial charge >= 0.3 is 0 Å². The number of fused-ring (bicyclic) bond motifs is 1. The molecule has 1 aromatic carbocycles. The van der Waals surface area contributed by atoms with Crippen LogP contribution in [-0.2, 0) is 9.53 Å². The Morgan fingerprint density at radius 1 is 1.48 bits per heavy atom. The van der Waals surface area contributed by atoms with Gasteiger partial charge in [0.25, 0.3) is 0 Å². The van der Waals surface area contributed by atoms with Crippen molar-refractivity contribution in [2.24, 2.45) is 0 Å². The van der Waals surface area contributed by atoms with Crippen molar-refractivity contribution in [1.29, 1.82) is 0 Å². The van der Waals surface area contributed by atoms with Crippen molar-refractivity contribution in [3.05, 3.63) is 24.0 Å². The molecular formula is C14H16FN3O2S. The molecule has 0 bridgehead atoms. The number of amides is 1. The van der Waals surface area contributed by atoms with E-state index >= 15 is 0 Å². The van der Waals surface area contributed by atoms with E-state index in [4.69, 9.17) is 4.74 Å². The summed E-state index contributed by atoms with van der Waals surface area (Å²) in [6.07, 6.45) is 0. The second-order valence-electron chi connectivity index (χ2n) is 4.93. The fourth-order valence-electron chi connectivity index (χ4n) is 2.25. The molecule has 1 saturated heterocycles. The lowest BCUT2D eigenvalue weighted by molar-refractivity contribution is -0.133. The molecule has 3 rings (SSSR count). The van der Waals surface area contributed by atoms with Crippen LogP contribution in [0.2, 0.25) is 0 Å². The minimum absolute atomic E-state index is 0.0422. The van der Waals surface area contributed by atoms with Crippen LogP contribution in [0.1, 0.15) is 0 Å². The summed E-state index contributed by atoms with van der Waals surface area (Å²) in [4.78, 5) is 20.0. The standard InChI is InChI=1S/C14H16FN3O2S/c1-17(9-12(19)18-5-7-20-8-6-18)14-16-13-10(15)3-2-4-11(13)21-14/h2-4H,5-9H2,1H3. The molecule has 0 radical (unpaired) electrons. The maximum Gasteiger partial charge on any atom is 0.242 e. The minimum Gasteiger partial charge on any atom is -0.378 e. The molecule has 1 aliphatic rings. The first-order valence-electron chi connectivity index (χ1n) is 6.77. The fourth-order valence-corrected chi connectivity index (χ4v) is 3.19. The van der Waals surface area contributed by atoms with E-state index in [1.807, 2.05) is 6.07 Å². The number of rotatable bonds is 3. The van der Waals surface area contributed by atoms with Crippen molar-refractivity contribution < 1.29 is 13.9 Å². The highest BCUT2D eigenvalue weighted by molar-refractivity contribution is 7.22. The van der Waals surface area contributed by atoms with E-state index in [1.165, 1.54) is 17.4 Å². The number of nitrogens with zero attached hydrogens (tertiary/aromatic N) is 3. The maximum absolute atomic E-state index is 13.7. The Morgan fingerprint density at radius 2 is 2.24 bits per heavy atom. The average Bonchev–Trinajstić information content (AvgIpc) is 2.94. The van der Waals surface area contributed by atoms with Gasteiger partial charge in [0.15, 0.2) is 5.13 Å². The van der Waals surface area contributed by atoms with Crippen molar-refractivity contribution in [3.63, 3.8) is 0 Å². The number of hydrogen-bond acceptors (Lipinski definition) is 5. The molecule has 0 saturated carbocycles. The van der Waals surface area contributed by atoms with E-state index in [1.54, 1.807) is 22.9 Å². The number of likely N-dealkylation sites (N-methyl/N-ethyl adjacent to an activating group) is 1. The normalized spacial score (nSPS) is 15.4. The van der Waals surface area contributed by atoms with Crippen LogP contribution in [0.3, 0.4) is 0 Å². The van der Waals surface area contributed by atoms with E-state index in [0.29, 0.717) is 37.0 Å². The van der Waals surface area contributed by atoms with E-state index in [-0.39, 0.29) is 18.3 Å². The van der Waals surface area contributed by atoms with Crippen molar-refractivity contribution in [2.45, 2.75) is 0 Å². The first-order valence-corrected chi connectivity index (χ1v) is 7.58. The summed E-state index contributed by atoms with van der Waals surface area (Å²) in [5.41, 5.74) is 0.364. The van der Waals surface area contributed by atoms with Gasteiger partial charge in [-0.15, -0.1) is 0 Å². The highest BCUT2D eigenvalue weighted by atomic mass is 32.1. The van der Waals surface area contributed by atoms with Gasteiger partial charge in [-0.25, -0.2) is 9.37 Å². The van der Waals surface area contributed by atoms with Crippen LogP contribution in [0.5, 0.6) is 0 Å². The lowest BCUT2D eigenvalue weighted by Crippen LogP contribution is -2.45. The average molecular weight is 309 g/mol. The van der Waals surface area contributed by atoms with Gasteiger partial charge in [-0.05, 0) is 12.1 Å². The number of ether oxygens (including phenoxy) is 1. The van der Waals surface area contributed by atoms with Gasteiger partial charge in [-0.2, -0.15) is 0 Å². The van der Waals surface area contributed by atoms with Gasteiger partial charge in [0.05, 0.1) is 24.5 Å². The molecule has 1 fully saturated rings. The second-order valence-corrected chi connectivity index (χ2v) is 5.94. The monoisotopic (exact) mass is 309 g/mol. The molecule has 7 heteroatoms. The maximum atomic E-state index is 13.7. The molecule has 1 aromatic heterocycles. The molecule has 112 valence electrons. The SMILES string of the molecule is CN(CC(=O)N1CCOCC1)c1nc2c(F)cccc2s1. The second kappa shape index (κ2) is 5.95. The molecule has 2 aromatic rings. The number of para-hydroxylation sites is 1. The molecule has 1 aliphatic heterocycles. The number of halogens is 1. The first-order chi connectivity index (χ1) is 10.1. The Labute approximate surface area is 125 Å². The third kappa shape index (κ3) is 2.98. The van der Waals surface area contributed by atoms with Crippen LogP contribution in [0.25, 0.3) is 10.2 Å². The third-order valence-electron chi connectivity index (χ3n) is 3.42. The van der Waals surface area contributed by atoms with Crippen LogP contribution < -0.4 is 4.90 Å². The zero-order valence-corrected chi connectivity index (χ0v) is 12.5. The summed E-state index contributed by atoms with van der Waals surface area (Å²) in [5, 5.41) is 0.650. The van der Waals surface area contributed by atoms with Crippen molar-refractivity contribution in [3.8, 4) is 0 Å². The quantitative estimate of drug-likeness (QED) is 0.866. The molecule has 21 heavy (non-hydrogen) atoms. The summed E-state index contributed by atoms with van der Waals surface area (Å²) in [6, 6.07) is 4.89. The zero-order chi connectivity index (χ0) is 14.8. The van der Waals surface area contributed by atoms with Crippen LogP contribution in [0.4, 0.5) is 9.52 Å². The molecule has 5 nitrogen and oxygen atoms in total. The van der Waals surface area contributed by atoms with E-state index in [2.05, 4.69) is 4.98 Å². The first kappa shape index (κ1) is 14.2. The number of benzene rings is 1. The Hall–Kier alpha value is -1.73. The van der Waals surface area contributed by atoms with Gasteiger partial charge in [0.1, 0.15) is 11.3 Å². The highest BCUT2D eigenvalue weighted by Gasteiger charge is 2.20. The number of aromatic nitrogens is 1. The fraction of sp³-hybridized carbons (Fsp3) is 0.429. The number of thiazole rings is 1. The van der Waals surface area contributed by atoms with Crippen LogP contribution in [-0.4, -0.2) is 55.7 Å². The molecule has 0 atom stereocenters. The van der Waals surface area contributed by atoms with Crippen molar-refractivity contribution in [1.82, 2.24) is 9.88 Å². The smallest absolute Gasteiger partial charge is 0.242 e. The van der Waals surface area contributed by atoms with Gasteiger partial charge in [-0.3, -0.25) is 4.79 Å². The van der Waals surface area contributed by atoms with Crippen molar-refractivity contribution >= 4 is 32.6 Å². The Morgan fingerprint density at radius 3 is 2.95 bits per heavy atom. The number of anilines is 1. The molecule has 0 aliphatic carbocycles. The molecule has 0 spiro atoms. The third-order valence-corrected chi connectivity index (χ3v) is 4.56. The number of carbonyl (C=O) groups excluding carboxylic acids is 1. The molecule has 1 amide bonds. The van der Waals surface area contributed by atoms with E-state index < -0.39 is 0 Å². The summed E-state index contributed by atoms with van der Waals surface area (Å²) in [6.45, 7) is 2.66. The largest absolute Gasteiger partial charge is 0.378 e. The van der Waals surface area contributed by atoms with Gasteiger partial charge in [0.2, 0.25) is 5.91 Å². The molecule has 0 unspecified atom stereocenters. The predicted molar refractivity (Wildman–Crippen MR) is 80.2 cm³/mol. The van der Waals surface area contributed by atoms with Gasteiger partial charge < -0.3 is 14.5 Å². The lowest BCUT2D eigenvalue weighted by Gasteiger charge is -2.28. The number of hydrogen-bond donors (Lipinski definition) is 0. The molecular weight excluding hydrogens is 293 g/mol. The lowest BCUT2D eigenvalue weighted by atomic mass is 10.3. The molecule has 2 heterocycles. The minimum atomic E-state index is -0.331. The van der Waals surface area contributed by atoms with Crippen molar-refractivity contribution in [2.75, 3.05) is 44.8 Å². The van der Waals surface area contributed by atoms with Crippen LogP contribution in [0, 0.1) is 5.82 Å². The topological polar surface area (TPSA) is 45.7 Å². The van der Waals surface area contributed by atoms with E-state index in [9.17, 15) is 9.18 Å². The summed E-state index contributed by atoms with van der Waals surface area (Å²) in [5.74, 6) is -0.288. The van der Waals surface area contributed by atoms with Crippen LogP contribution >= 0.6 is 11.3 Å². The van der Waals surface area contributed by atoms with Gasteiger partial charge in [0, 0.05) is 20.1 Å². The zero-order valence-electron chi connectivity index (χ0n) is 11.7. The van der Waals surface area contributed by atoms with Crippen LogP contribution in [0.15, 0.2) is 18.2 Å². The molecule has 0 N–H and O–H groups in total. The Bertz CT molecular complexity index is 655. The Kier molecular flexibility index (Phi) is 4.03. The van der Waals surface area contributed by atoms with E-state index in [0.717, 1.165) is 4.70 Å². The predicted octanol–water partition coefficient (Wildman–Crippen LogP) is 1.73. The summed E-state index contributed by atoms with van der Waals surface area (Å²) < 4.78 is 19.7. The van der Waals surface area contributed by atoms with Gasteiger partial charge in [-0.1, -0.05) is 17.4 Å². The Balaban J connectivity index is 1.72. The summed E-state index contributed by atoms with van der Waals surface area (Å²) in [7, 11) is 1.80. The number of morpholine rings is 1. The highest BCUT2D eigenvalue weighted by Crippen LogP contribution is 2.29. The summed E-state index contributed by atoms with van der Waals surface area (Å²) >= 11 is 1.39.